The molecule has 0 aromatic heterocycles. The van der Waals surface area contributed by atoms with Crippen molar-refractivity contribution >= 4 is 12.5 Å². The molecule has 0 amide bonds. The Bertz CT molecular complexity index is 415. The number of aliphatic hydroxyl groups is 1. The minimum absolute atomic E-state index is 0.488. The summed E-state index contributed by atoms with van der Waals surface area (Å²) in [4.78, 5) is 14.8. The predicted molar refractivity (Wildman–Crippen MR) is 72.0 cm³/mol. The zero-order chi connectivity index (χ0) is 13.8. The van der Waals surface area contributed by atoms with Gasteiger partial charge < -0.3 is 15.6 Å². The van der Waals surface area contributed by atoms with E-state index in [1.807, 2.05) is 6.07 Å². The Labute approximate surface area is 107 Å². The van der Waals surface area contributed by atoms with Crippen LogP contribution in [0.1, 0.15) is 15.9 Å². The Balaban J connectivity index is 0.00000137. The molecular weight excluding hydrogens is 232 g/mol. The number of nitrogens with two attached hydrogens (primary N) is 1. The predicted octanol–water partition coefficient (Wildman–Crippen LogP) is 1.16. The van der Waals surface area contributed by atoms with Crippen molar-refractivity contribution < 1.29 is 14.6 Å². The molecule has 3 N–H and O–H groups in total. The molecular formula is C13H18N2O3. The van der Waals surface area contributed by atoms with Gasteiger partial charge in [-0.15, -0.1) is 0 Å². The molecule has 5 nitrogen and oxygen atoms in total. The van der Waals surface area contributed by atoms with Gasteiger partial charge in [0.1, 0.15) is 12.0 Å². The van der Waals surface area contributed by atoms with Gasteiger partial charge in [-0.3, -0.25) is 9.79 Å². The van der Waals surface area contributed by atoms with E-state index in [2.05, 4.69) is 4.99 Å². The number of allylic oxidation sites excluding steroid dienone is 1. The fourth-order valence-electron chi connectivity index (χ4n) is 1.23. The van der Waals surface area contributed by atoms with Gasteiger partial charge in [0.2, 0.25) is 0 Å². The third kappa shape index (κ3) is 5.81. The van der Waals surface area contributed by atoms with Crippen LogP contribution in [0, 0.1) is 0 Å². The maximum atomic E-state index is 10.7. The molecule has 0 saturated heterocycles. The first-order valence-electron chi connectivity index (χ1n) is 5.24. The van der Waals surface area contributed by atoms with E-state index in [0.717, 1.165) is 19.0 Å². The van der Waals surface area contributed by atoms with Gasteiger partial charge in [-0.1, -0.05) is 0 Å². The smallest absolute Gasteiger partial charge is 0.150 e. The Kier molecular flexibility index (Phi) is 8.85. The quantitative estimate of drug-likeness (QED) is 0.606. The average Bonchev–Trinajstić information content (AvgIpc) is 2.45. The van der Waals surface area contributed by atoms with E-state index in [9.17, 15) is 4.79 Å². The summed E-state index contributed by atoms with van der Waals surface area (Å²) in [5.41, 5.74) is 6.66. The van der Waals surface area contributed by atoms with Gasteiger partial charge in [-0.2, -0.15) is 0 Å². The van der Waals surface area contributed by atoms with E-state index >= 15 is 0 Å². The molecule has 0 spiro atoms. The van der Waals surface area contributed by atoms with Crippen LogP contribution in [0.2, 0.25) is 0 Å². The molecule has 0 saturated carbocycles. The van der Waals surface area contributed by atoms with Gasteiger partial charge in [0, 0.05) is 18.9 Å². The van der Waals surface area contributed by atoms with Crippen molar-refractivity contribution in [2.45, 2.75) is 6.54 Å². The van der Waals surface area contributed by atoms with Crippen molar-refractivity contribution in [1.82, 2.24) is 0 Å². The molecule has 0 bridgehead atoms. The van der Waals surface area contributed by atoms with Gasteiger partial charge >= 0.3 is 0 Å². The third-order valence-electron chi connectivity index (χ3n) is 1.94. The van der Waals surface area contributed by atoms with Crippen LogP contribution in [0.25, 0.3) is 0 Å². The number of nitrogens with zero attached hydrogens (tertiary/aromatic N) is 1. The Morgan fingerprint density at radius 2 is 2.11 bits per heavy atom. The van der Waals surface area contributed by atoms with E-state index in [4.69, 9.17) is 15.6 Å². The van der Waals surface area contributed by atoms with E-state index in [-0.39, 0.29) is 0 Å². The van der Waals surface area contributed by atoms with Gasteiger partial charge in [-0.25, -0.2) is 0 Å². The second-order valence-electron chi connectivity index (χ2n) is 3.11. The molecule has 5 heteroatoms. The third-order valence-corrected chi connectivity index (χ3v) is 1.94. The van der Waals surface area contributed by atoms with Crippen LogP contribution in [0.4, 0.5) is 0 Å². The van der Waals surface area contributed by atoms with Crippen LogP contribution >= 0.6 is 0 Å². The fourth-order valence-corrected chi connectivity index (χ4v) is 1.23. The number of methoxy groups -OCH3 is 1. The summed E-state index contributed by atoms with van der Waals surface area (Å²) in [6, 6.07) is 5.30. The minimum Gasteiger partial charge on any atom is -0.497 e. The second kappa shape index (κ2) is 10.0. The van der Waals surface area contributed by atoms with Crippen LogP contribution < -0.4 is 10.5 Å². The highest BCUT2D eigenvalue weighted by atomic mass is 16.5. The summed E-state index contributed by atoms with van der Waals surface area (Å²) in [6.07, 6.45) is 5.45. The summed E-state index contributed by atoms with van der Waals surface area (Å²) < 4.78 is 5.08. The molecule has 0 atom stereocenters. The number of benzene rings is 1. The van der Waals surface area contributed by atoms with Crippen molar-refractivity contribution in [1.29, 1.82) is 0 Å². The molecule has 0 aliphatic heterocycles. The zero-order valence-electron chi connectivity index (χ0n) is 10.5. The molecule has 0 aliphatic carbocycles. The highest BCUT2D eigenvalue weighted by Gasteiger charge is 1.99. The summed E-state index contributed by atoms with van der Waals surface area (Å²) in [5.74, 6) is 0.657. The molecule has 1 aromatic rings. The standard InChI is InChI=1S/C12H14N2O2.CH4O/c1-16-12-6-10(5-11(7-12)9-15)8-14-4-2-3-13;1-2/h2-7,9H,8,13H2,1H3;2H,1H3/b3-2-,14-4?;. The van der Waals surface area contributed by atoms with Crippen LogP contribution in [0.15, 0.2) is 35.5 Å². The average molecular weight is 250 g/mol. The molecule has 0 heterocycles. The molecule has 0 radical (unpaired) electrons. The van der Waals surface area contributed by atoms with Crippen LogP contribution in [0.3, 0.4) is 0 Å². The topological polar surface area (TPSA) is 84.9 Å². The number of aliphatic hydroxyl groups excluding tert-OH is 1. The lowest BCUT2D eigenvalue weighted by molar-refractivity contribution is 0.112. The SMILES string of the molecule is CO.COc1cc(C=O)cc(CN=C/C=C\N)c1. The van der Waals surface area contributed by atoms with E-state index in [1.165, 1.54) is 6.20 Å². The van der Waals surface area contributed by atoms with Crippen molar-refractivity contribution in [2.24, 2.45) is 10.7 Å². The minimum atomic E-state index is 0.488. The van der Waals surface area contributed by atoms with E-state index in [0.29, 0.717) is 17.9 Å². The number of hydrogen-bond acceptors (Lipinski definition) is 5. The molecule has 1 rings (SSSR count). The van der Waals surface area contributed by atoms with Gasteiger partial charge in [0.05, 0.1) is 13.7 Å². The van der Waals surface area contributed by atoms with Gasteiger partial charge in [0.25, 0.3) is 0 Å². The number of hydrogen-bond donors (Lipinski definition) is 2. The normalized spacial score (nSPS) is 10.2. The highest BCUT2D eigenvalue weighted by molar-refractivity contribution is 5.76. The Morgan fingerprint density at radius 1 is 1.39 bits per heavy atom. The summed E-state index contributed by atoms with van der Waals surface area (Å²) in [7, 11) is 2.56. The lowest BCUT2D eigenvalue weighted by Crippen LogP contribution is -1.91. The number of ether oxygens (including phenoxy) is 1. The summed E-state index contributed by atoms with van der Waals surface area (Å²) in [5, 5.41) is 7.00. The van der Waals surface area contributed by atoms with Crippen LogP contribution in [-0.2, 0) is 6.54 Å². The summed E-state index contributed by atoms with van der Waals surface area (Å²) >= 11 is 0. The number of carbonyl (C=O) groups is 1. The first-order chi connectivity index (χ1) is 8.80. The first-order valence-corrected chi connectivity index (χ1v) is 5.24. The maximum absolute atomic E-state index is 10.7. The second-order valence-corrected chi connectivity index (χ2v) is 3.11. The number of aldehydes is 1. The molecule has 98 valence electrons. The van der Waals surface area contributed by atoms with Crippen molar-refractivity contribution in [2.75, 3.05) is 14.2 Å². The van der Waals surface area contributed by atoms with Crippen molar-refractivity contribution in [3.05, 3.63) is 41.6 Å². The number of rotatable bonds is 5. The number of aliphatic imine (C=N–C) groups is 1. The molecule has 0 unspecified atom stereocenters. The maximum Gasteiger partial charge on any atom is 0.150 e. The lowest BCUT2D eigenvalue weighted by Gasteiger charge is -2.03. The lowest BCUT2D eigenvalue weighted by atomic mass is 10.1. The number of carbonyl (C=O) groups excluding carboxylic acids is 1. The van der Waals surface area contributed by atoms with Gasteiger partial charge in [0.15, 0.2) is 0 Å². The fraction of sp³-hybridized carbons (Fsp3) is 0.231. The Morgan fingerprint density at radius 3 is 2.67 bits per heavy atom. The Hall–Kier alpha value is -2.14. The van der Waals surface area contributed by atoms with Crippen molar-refractivity contribution in [3.8, 4) is 5.75 Å². The first kappa shape index (κ1) is 15.9. The monoisotopic (exact) mass is 250 g/mol. The van der Waals surface area contributed by atoms with Crippen LogP contribution in [0.5, 0.6) is 5.75 Å². The van der Waals surface area contributed by atoms with Crippen molar-refractivity contribution in [3.63, 3.8) is 0 Å². The largest absolute Gasteiger partial charge is 0.497 e. The molecule has 0 aliphatic rings. The summed E-state index contributed by atoms with van der Waals surface area (Å²) in [6.45, 7) is 0.488. The molecule has 18 heavy (non-hydrogen) atoms. The van der Waals surface area contributed by atoms with E-state index in [1.54, 1.807) is 31.5 Å². The molecule has 1 aromatic carbocycles. The van der Waals surface area contributed by atoms with E-state index < -0.39 is 0 Å². The zero-order valence-corrected chi connectivity index (χ0v) is 10.5. The van der Waals surface area contributed by atoms with Gasteiger partial charge in [-0.05, 0) is 36.0 Å². The highest BCUT2D eigenvalue weighted by Crippen LogP contribution is 2.16. The molecule has 0 fully saturated rings. The van der Waals surface area contributed by atoms with Crippen LogP contribution in [-0.4, -0.2) is 31.8 Å².